The molecule has 6 heteroatoms. The molecule has 0 amide bonds. The monoisotopic (exact) mass is 305 g/mol. The van der Waals surface area contributed by atoms with Crippen molar-refractivity contribution >= 4 is 23.2 Å². The Hall–Kier alpha value is -0.520. The van der Waals surface area contributed by atoms with Crippen molar-refractivity contribution in [3.8, 4) is 5.75 Å². The third-order valence-corrected chi connectivity index (χ3v) is 4.07. The molecule has 1 aliphatic heterocycles. The van der Waals surface area contributed by atoms with Crippen LogP contribution in [0.3, 0.4) is 0 Å². The van der Waals surface area contributed by atoms with Gasteiger partial charge in [0.15, 0.2) is 0 Å². The standard InChI is InChI=1S/C13H17Cl2NO3/c1-19-12-6-11(15)10(14)4-8(12)7-16-3-2-9(17)5-13(16)18/h4,6,9,13,17-18H,2-3,5,7H2,1H3. The molecule has 106 valence electrons. The van der Waals surface area contributed by atoms with Gasteiger partial charge in [-0.1, -0.05) is 23.2 Å². The van der Waals surface area contributed by atoms with E-state index in [0.29, 0.717) is 41.7 Å². The van der Waals surface area contributed by atoms with Crippen molar-refractivity contribution in [3.63, 3.8) is 0 Å². The topological polar surface area (TPSA) is 52.9 Å². The number of ether oxygens (including phenoxy) is 1. The van der Waals surface area contributed by atoms with Crippen LogP contribution in [-0.2, 0) is 6.54 Å². The van der Waals surface area contributed by atoms with Gasteiger partial charge >= 0.3 is 0 Å². The van der Waals surface area contributed by atoms with Gasteiger partial charge in [-0.2, -0.15) is 0 Å². The van der Waals surface area contributed by atoms with Gasteiger partial charge in [0, 0.05) is 31.1 Å². The predicted molar refractivity (Wildman–Crippen MR) is 74.7 cm³/mol. The van der Waals surface area contributed by atoms with E-state index >= 15 is 0 Å². The largest absolute Gasteiger partial charge is 0.496 e. The Balaban J connectivity index is 2.16. The van der Waals surface area contributed by atoms with Crippen LogP contribution in [0.4, 0.5) is 0 Å². The minimum Gasteiger partial charge on any atom is -0.496 e. The van der Waals surface area contributed by atoms with E-state index in [9.17, 15) is 10.2 Å². The number of likely N-dealkylation sites (tertiary alicyclic amines) is 1. The number of hydrogen-bond acceptors (Lipinski definition) is 4. The fraction of sp³-hybridized carbons (Fsp3) is 0.538. The highest BCUT2D eigenvalue weighted by Gasteiger charge is 2.26. The van der Waals surface area contributed by atoms with Crippen molar-refractivity contribution in [1.82, 2.24) is 4.90 Å². The van der Waals surface area contributed by atoms with Gasteiger partial charge in [0.1, 0.15) is 12.0 Å². The van der Waals surface area contributed by atoms with Crippen molar-refractivity contribution in [2.75, 3.05) is 13.7 Å². The molecule has 2 unspecified atom stereocenters. The maximum atomic E-state index is 9.95. The maximum absolute atomic E-state index is 9.95. The quantitative estimate of drug-likeness (QED) is 0.899. The van der Waals surface area contributed by atoms with E-state index in [2.05, 4.69) is 0 Å². The van der Waals surface area contributed by atoms with Crippen molar-refractivity contribution in [2.45, 2.75) is 31.7 Å². The lowest BCUT2D eigenvalue weighted by Crippen LogP contribution is -2.43. The summed E-state index contributed by atoms with van der Waals surface area (Å²) in [6.45, 7) is 1.14. The van der Waals surface area contributed by atoms with Gasteiger partial charge < -0.3 is 14.9 Å². The summed E-state index contributed by atoms with van der Waals surface area (Å²) in [6, 6.07) is 3.42. The van der Waals surface area contributed by atoms with Gasteiger partial charge in [-0.15, -0.1) is 0 Å². The zero-order valence-electron chi connectivity index (χ0n) is 10.6. The molecule has 2 rings (SSSR count). The van der Waals surface area contributed by atoms with E-state index in [1.807, 2.05) is 4.90 Å². The number of nitrogens with zero attached hydrogens (tertiary/aromatic N) is 1. The summed E-state index contributed by atoms with van der Waals surface area (Å²) < 4.78 is 5.28. The third-order valence-electron chi connectivity index (χ3n) is 3.35. The van der Waals surface area contributed by atoms with E-state index < -0.39 is 12.3 Å². The lowest BCUT2D eigenvalue weighted by molar-refractivity contribution is -0.0713. The molecule has 2 atom stereocenters. The predicted octanol–water partition coefficient (Wildman–Crippen LogP) is 2.28. The molecule has 1 saturated heterocycles. The van der Waals surface area contributed by atoms with Gasteiger partial charge in [0.05, 0.1) is 23.3 Å². The molecule has 1 fully saturated rings. The number of halogens is 2. The molecular formula is C13H17Cl2NO3. The molecule has 1 heterocycles. The number of benzene rings is 1. The Morgan fingerprint density at radius 1 is 1.32 bits per heavy atom. The van der Waals surface area contributed by atoms with Crippen molar-refractivity contribution in [2.24, 2.45) is 0 Å². The summed E-state index contributed by atoms with van der Waals surface area (Å²) >= 11 is 12.0. The Morgan fingerprint density at radius 2 is 2.00 bits per heavy atom. The number of hydrogen-bond donors (Lipinski definition) is 2. The summed E-state index contributed by atoms with van der Waals surface area (Å²) in [6.07, 6.45) is -0.0606. The average molecular weight is 306 g/mol. The number of piperidine rings is 1. The average Bonchev–Trinajstić information content (AvgIpc) is 2.36. The number of rotatable bonds is 3. The highest BCUT2D eigenvalue weighted by Crippen LogP contribution is 2.32. The lowest BCUT2D eigenvalue weighted by Gasteiger charge is -2.34. The fourth-order valence-corrected chi connectivity index (χ4v) is 2.60. The smallest absolute Gasteiger partial charge is 0.124 e. The van der Waals surface area contributed by atoms with E-state index in [1.165, 1.54) is 0 Å². The van der Waals surface area contributed by atoms with Crippen molar-refractivity contribution < 1.29 is 14.9 Å². The first-order chi connectivity index (χ1) is 9.01. The molecule has 0 bridgehead atoms. The van der Waals surface area contributed by atoms with Crippen LogP contribution >= 0.6 is 23.2 Å². The van der Waals surface area contributed by atoms with Crippen LogP contribution in [0.2, 0.25) is 10.0 Å². The van der Waals surface area contributed by atoms with Crippen LogP contribution in [0.15, 0.2) is 12.1 Å². The van der Waals surface area contributed by atoms with E-state index in [1.54, 1.807) is 19.2 Å². The highest BCUT2D eigenvalue weighted by atomic mass is 35.5. The van der Waals surface area contributed by atoms with Gasteiger partial charge in [0.25, 0.3) is 0 Å². The second-order valence-corrected chi connectivity index (χ2v) is 5.52. The normalized spacial score (nSPS) is 24.5. The minimum absolute atomic E-state index is 0.365. The molecule has 0 aromatic heterocycles. The molecule has 0 radical (unpaired) electrons. The zero-order valence-corrected chi connectivity index (χ0v) is 12.2. The van der Waals surface area contributed by atoms with Gasteiger partial charge in [-0.25, -0.2) is 0 Å². The molecule has 19 heavy (non-hydrogen) atoms. The lowest BCUT2D eigenvalue weighted by atomic mass is 10.0. The molecule has 1 aromatic carbocycles. The molecular weight excluding hydrogens is 289 g/mol. The summed E-state index contributed by atoms with van der Waals surface area (Å²) in [5.74, 6) is 0.646. The number of methoxy groups -OCH3 is 1. The summed E-state index contributed by atoms with van der Waals surface area (Å²) in [7, 11) is 1.57. The first-order valence-electron chi connectivity index (χ1n) is 6.13. The molecule has 4 nitrogen and oxygen atoms in total. The minimum atomic E-state index is -0.650. The van der Waals surface area contributed by atoms with Crippen LogP contribution in [0.5, 0.6) is 5.75 Å². The highest BCUT2D eigenvalue weighted by molar-refractivity contribution is 6.42. The first kappa shape index (κ1) is 14.9. The van der Waals surface area contributed by atoms with Gasteiger partial charge in [0.2, 0.25) is 0 Å². The molecule has 0 aliphatic carbocycles. The summed E-state index contributed by atoms with van der Waals surface area (Å²) in [4.78, 5) is 1.88. The van der Waals surface area contributed by atoms with Crippen molar-refractivity contribution in [3.05, 3.63) is 27.7 Å². The van der Waals surface area contributed by atoms with Crippen LogP contribution in [0.25, 0.3) is 0 Å². The summed E-state index contributed by atoms with van der Waals surface area (Å²) in [5.41, 5.74) is 0.868. The maximum Gasteiger partial charge on any atom is 0.124 e. The zero-order chi connectivity index (χ0) is 14.0. The third kappa shape index (κ3) is 3.52. The number of aliphatic hydroxyl groups is 2. The molecule has 2 N–H and O–H groups in total. The molecule has 1 aliphatic rings. The molecule has 0 saturated carbocycles. The van der Waals surface area contributed by atoms with Crippen LogP contribution in [-0.4, -0.2) is 41.1 Å². The van der Waals surface area contributed by atoms with Gasteiger partial charge in [-0.05, 0) is 12.5 Å². The molecule has 0 spiro atoms. The van der Waals surface area contributed by atoms with Crippen LogP contribution in [0, 0.1) is 0 Å². The van der Waals surface area contributed by atoms with E-state index in [0.717, 1.165) is 5.56 Å². The number of aliphatic hydroxyl groups excluding tert-OH is 2. The second-order valence-electron chi connectivity index (χ2n) is 4.71. The second kappa shape index (κ2) is 6.29. The van der Waals surface area contributed by atoms with Gasteiger partial charge in [-0.3, -0.25) is 4.90 Å². The first-order valence-corrected chi connectivity index (χ1v) is 6.89. The fourth-order valence-electron chi connectivity index (χ4n) is 2.26. The Labute approximate surface area is 122 Å². The van der Waals surface area contributed by atoms with E-state index in [4.69, 9.17) is 27.9 Å². The van der Waals surface area contributed by atoms with E-state index in [-0.39, 0.29) is 0 Å². The Bertz CT molecular complexity index is 456. The Kier molecular flexibility index (Phi) is 4.92. The Morgan fingerprint density at radius 3 is 2.63 bits per heavy atom. The van der Waals surface area contributed by atoms with Crippen molar-refractivity contribution in [1.29, 1.82) is 0 Å². The molecule has 1 aromatic rings. The summed E-state index contributed by atoms with van der Waals surface area (Å²) in [5, 5.41) is 20.4. The SMILES string of the molecule is COc1cc(Cl)c(Cl)cc1CN1CCC(O)CC1O. The van der Waals surface area contributed by atoms with Crippen LogP contribution < -0.4 is 4.74 Å². The van der Waals surface area contributed by atoms with Crippen LogP contribution in [0.1, 0.15) is 18.4 Å².